The van der Waals surface area contributed by atoms with Gasteiger partial charge in [0.15, 0.2) is 0 Å². The zero-order chi connectivity index (χ0) is 11.1. The highest BCUT2D eigenvalue weighted by Crippen LogP contribution is 2.45. The van der Waals surface area contributed by atoms with Gasteiger partial charge in [-0.2, -0.15) is 5.10 Å². The van der Waals surface area contributed by atoms with Gasteiger partial charge in [-0.25, -0.2) is 0 Å². The molecule has 0 aliphatic heterocycles. The predicted molar refractivity (Wildman–Crippen MR) is 62.8 cm³/mol. The summed E-state index contributed by atoms with van der Waals surface area (Å²) in [5.74, 6) is 1.29. The molecule has 3 rings (SSSR count). The number of nitrogens with zero attached hydrogens (tertiary/aromatic N) is 3. The van der Waals surface area contributed by atoms with Crippen LogP contribution in [-0.4, -0.2) is 14.8 Å². The summed E-state index contributed by atoms with van der Waals surface area (Å²) < 4.78 is 1.75. The molecule has 0 atom stereocenters. The first-order valence-corrected chi connectivity index (χ1v) is 5.51. The summed E-state index contributed by atoms with van der Waals surface area (Å²) in [5.41, 5.74) is 9.12. The summed E-state index contributed by atoms with van der Waals surface area (Å²) in [6.45, 7) is 0. The normalized spacial score (nSPS) is 15.3. The second-order valence-electron chi connectivity index (χ2n) is 4.26. The summed E-state index contributed by atoms with van der Waals surface area (Å²) in [7, 11) is 1.88. The molecule has 0 saturated heterocycles. The molecule has 1 aliphatic rings. The minimum absolute atomic E-state index is 0.584. The quantitative estimate of drug-likeness (QED) is 0.831. The van der Waals surface area contributed by atoms with Crippen molar-refractivity contribution in [3.63, 3.8) is 0 Å². The minimum Gasteiger partial charge on any atom is -0.383 e. The second-order valence-corrected chi connectivity index (χ2v) is 4.26. The van der Waals surface area contributed by atoms with Crippen molar-refractivity contribution in [3.05, 3.63) is 30.1 Å². The van der Waals surface area contributed by atoms with E-state index in [2.05, 4.69) is 10.1 Å². The smallest absolute Gasteiger partial charge is 0.131 e. The molecule has 1 aliphatic carbocycles. The zero-order valence-electron chi connectivity index (χ0n) is 9.22. The Balaban J connectivity index is 2.18. The van der Waals surface area contributed by atoms with Gasteiger partial charge in [-0.05, 0) is 25.0 Å². The molecule has 4 nitrogen and oxygen atoms in total. The molecule has 0 spiro atoms. The first kappa shape index (κ1) is 9.39. The van der Waals surface area contributed by atoms with Crippen molar-refractivity contribution in [1.82, 2.24) is 14.8 Å². The molecule has 2 heterocycles. The third-order valence-corrected chi connectivity index (χ3v) is 3.00. The predicted octanol–water partition coefficient (Wildman–Crippen LogP) is 1.94. The summed E-state index contributed by atoms with van der Waals surface area (Å²) in [5, 5.41) is 4.50. The van der Waals surface area contributed by atoms with Crippen molar-refractivity contribution in [2.75, 3.05) is 5.73 Å². The molecule has 1 fully saturated rings. The molecule has 16 heavy (non-hydrogen) atoms. The highest BCUT2D eigenvalue weighted by atomic mass is 15.3. The molecule has 2 aromatic rings. The molecule has 0 amide bonds. The van der Waals surface area contributed by atoms with Gasteiger partial charge in [-0.3, -0.25) is 9.67 Å². The second kappa shape index (κ2) is 3.33. The number of pyridine rings is 1. The molecular formula is C12H14N4. The van der Waals surface area contributed by atoms with Crippen LogP contribution in [0.15, 0.2) is 24.4 Å². The van der Waals surface area contributed by atoms with E-state index in [-0.39, 0.29) is 0 Å². The van der Waals surface area contributed by atoms with Gasteiger partial charge >= 0.3 is 0 Å². The van der Waals surface area contributed by atoms with Crippen molar-refractivity contribution in [2.45, 2.75) is 18.8 Å². The number of aryl methyl sites for hydroxylation is 1. The molecule has 1 saturated carbocycles. The summed E-state index contributed by atoms with van der Waals surface area (Å²) in [6.07, 6.45) is 4.23. The van der Waals surface area contributed by atoms with Crippen molar-refractivity contribution < 1.29 is 0 Å². The number of nitrogens with two attached hydrogens (primary N) is 1. The first-order chi connectivity index (χ1) is 7.77. The SMILES string of the molecule is Cn1nc(C2CC2)c(-c2ccccn2)c1N. The van der Waals surface area contributed by atoms with E-state index in [0.717, 1.165) is 17.0 Å². The Kier molecular flexibility index (Phi) is 1.96. The van der Waals surface area contributed by atoms with E-state index >= 15 is 0 Å². The Morgan fingerprint density at radius 2 is 2.19 bits per heavy atom. The average molecular weight is 214 g/mol. The first-order valence-electron chi connectivity index (χ1n) is 5.51. The van der Waals surface area contributed by atoms with Gasteiger partial charge in [0.1, 0.15) is 5.82 Å². The molecule has 0 bridgehead atoms. The lowest BCUT2D eigenvalue weighted by Gasteiger charge is -2.01. The monoisotopic (exact) mass is 214 g/mol. The van der Waals surface area contributed by atoms with Crippen molar-refractivity contribution in [3.8, 4) is 11.3 Å². The Morgan fingerprint density at radius 3 is 2.81 bits per heavy atom. The van der Waals surface area contributed by atoms with Gasteiger partial charge in [0.25, 0.3) is 0 Å². The maximum Gasteiger partial charge on any atom is 0.131 e. The number of hydrogen-bond acceptors (Lipinski definition) is 3. The fraction of sp³-hybridized carbons (Fsp3) is 0.333. The standard InChI is InChI=1S/C12H14N4/c1-16-12(13)10(9-4-2-3-7-14-9)11(15-16)8-5-6-8/h2-4,7-8H,5-6,13H2,1H3. The number of nitrogen functional groups attached to an aromatic ring is 1. The third-order valence-electron chi connectivity index (χ3n) is 3.00. The number of rotatable bonds is 2. The van der Waals surface area contributed by atoms with Crippen LogP contribution in [0.25, 0.3) is 11.3 Å². The van der Waals surface area contributed by atoms with Crippen LogP contribution in [0.4, 0.5) is 5.82 Å². The fourth-order valence-electron chi connectivity index (χ4n) is 1.97. The zero-order valence-corrected chi connectivity index (χ0v) is 9.22. The number of hydrogen-bond donors (Lipinski definition) is 1. The highest BCUT2D eigenvalue weighted by Gasteiger charge is 2.31. The van der Waals surface area contributed by atoms with Crippen molar-refractivity contribution in [1.29, 1.82) is 0 Å². The Morgan fingerprint density at radius 1 is 1.38 bits per heavy atom. The van der Waals surface area contributed by atoms with Crippen LogP contribution in [0, 0.1) is 0 Å². The lowest BCUT2D eigenvalue weighted by atomic mass is 10.1. The molecule has 2 aromatic heterocycles. The van der Waals surface area contributed by atoms with Gasteiger partial charge in [0.2, 0.25) is 0 Å². The maximum absolute atomic E-state index is 6.06. The molecule has 4 heteroatoms. The van der Waals surface area contributed by atoms with Crippen LogP contribution in [0.1, 0.15) is 24.5 Å². The molecule has 0 unspecified atom stereocenters. The molecule has 2 N–H and O–H groups in total. The lowest BCUT2D eigenvalue weighted by molar-refractivity contribution is 0.753. The summed E-state index contributed by atoms with van der Waals surface area (Å²) in [4.78, 5) is 4.36. The lowest BCUT2D eigenvalue weighted by Crippen LogP contribution is -1.98. The van der Waals surface area contributed by atoms with Gasteiger partial charge in [0, 0.05) is 19.2 Å². The third kappa shape index (κ3) is 1.38. The molecular weight excluding hydrogens is 200 g/mol. The van der Waals surface area contributed by atoms with Crippen LogP contribution in [0.3, 0.4) is 0 Å². The van der Waals surface area contributed by atoms with E-state index in [1.54, 1.807) is 10.9 Å². The van der Waals surface area contributed by atoms with Gasteiger partial charge in [0.05, 0.1) is 17.0 Å². The number of anilines is 1. The van der Waals surface area contributed by atoms with Crippen LogP contribution in [0.2, 0.25) is 0 Å². The van der Waals surface area contributed by atoms with E-state index in [4.69, 9.17) is 5.73 Å². The number of aromatic nitrogens is 3. The van der Waals surface area contributed by atoms with E-state index in [1.165, 1.54) is 12.8 Å². The van der Waals surface area contributed by atoms with Crippen molar-refractivity contribution >= 4 is 5.82 Å². The van der Waals surface area contributed by atoms with E-state index in [9.17, 15) is 0 Å². The van der Waals surface area contributed by atoms with Crippen LogP contribution < -0.4 is 5.73 Å². The summed E-state index contributed by atoms with van der Waals surface area (Å²) >= 11 is 0. The topological polar surface area (TPSA) is 56.7 Å². The van der Waals surface area contributed by atoms with Crippen molar-refractivity contribution in [2.24, 2.45) is 7.05 Å². The van der Waals surface area contributed by atoms with E-state index < -0.39 is 0 Å². The van der Waals surface area contributed by atoms with Gasteiger partial charge in [-0.15, -0.1) is 0 Å². The fourth-order valence-corrected chi connectivity index (χ4v) is 1.97. The molecule has 0 aromatic carbocycles. The van der Waals surface area contributed by atoms with E-state index in [0.29, 0.717) is 11.7 Å². The average Bonchev–Trinajstić information content (AvgIpc) is 3.09. The Labute approximate surface area is 94.1 Å². The van der Waals surface area contributed by atoms with Crippen LogP contribution >= 0.6 is 0 Å². The van der Waals surface area contributed by atoms with E-state index in [1.807, 2.05) is 25.2 Å². The summed E-state index contributed by atoms with van der Waals surface area (Å²) in [6, 6.07) is 5.87. The molecule has 0 radical (unpaired) electrons. The Hall–Kier alpha value is -1.84. The maximum atomic E-state index is 6.06. The van der Waals surface area contributed by atoms with Gasteiger partial charge in [-0.1, -0.05) is 6.07 Å². The largest absolute Gasteiger partial charge is 0.383 e. The Bertz CT molecular complexity index is 511. The van der Waals surface area contributed by atoms with Crippen LogP contribution in [-0.2, 0) is 7.05 Å². The molecule has 82 valence electrons. The van der Waals surface area contributed by atoms with Gasteiger partial charge < -0.3 is 5.73 Å². The minimum atomic E-state index is 0.584. The highest BCUT2D eigenvalue weighted by molar-refractivity contribution is 5.74. The van der Waals surface area contributed by atoms with Crippen LogP contribution in [0.5, 0.6) is 0 Å².